The smallest absolute Gasteiger partial charge is 0.224 e. The predicted molar refractivity (Wildman–Crippen MR) is 79.6 cm³/mol. The molecule has 20 heavy (non-hydrogen) atoms. The summed E-state index contributed by atoms with van der Waals surface area (Å²) >= 11 is 0. The molecule has 108 valence electrons. The molecule has 0 bridgehead atoms. The van der Waals surface area contributed by atoms with Crippen LogP contribution in [0.3, 0.4) is 0 Å². The van der Waals surface area contributed by atoms with E-state index >= 15 is 0 Å². The van der Waals surface area contributed by atoms with E-state index in [2.05, 4.69) is 32.2 Å². The Morgan fingerprint density at radius 1 is 1.45 bits per heavy atom. The van der Waals surface area contributed by atoms with Gasteiger partial charge in [-0.3, -0.25) is 4.79 Å². The summed E-state index contributed by atoms with van der Waals surface area (Å²) in [6, 6.07) is 9.32. The summed E-state index contributed by atoms with van der Waals surface area (Å²) in [5, 5.41) is 11.7. The van der Waals surface area contributed by atoms with E-state index in [4.69, 9.17) is 11.0 Å². The van der Waals surface area contributed by atoms with Crippen molar-refractivity contribution >= 4 is 5.91 Å². The summed E-state index contributed by atoms with van der Waals surface area (Å²) in [5.41, 5.74) is 7.28. The second kappa shape index (κ2) is 7.06. The van der Waals surface area contributed by atoms with Gasteiger partial charge in [0, 0.05) is 13.1 Å². The number of amides is 1. The minimum Gasteiger partial charge on any atom is -0.352 e. The molecule has 1 amide bonds. The van der Waals surface area contributed by atoms with Gasteiger partial charge in [0.05, 0.1) is 17.6 Å². The average molecular weight is 273 g/mol. The van der Waals surface area contributed by atoms with Gasteiger partial charge in [-0.2, -0.15) is 5.26 Å². The molecule has 0 heterocycles. The Bertz CT molecular complexity index is 497. The van der Waals surface area contributed by atoms with Gasteiger partial charge in [0.25, 0.3) is 0 Å². The Hall–Kier alpha value is -1.86. The van der Waals surface area contributed by atoms with Gasteiger partial charge in [-0.1, -0.05) is 32.9 Å². The number of nitrogens with one attached hydrogen (secondary N) is 1. The van der Waals surface area contributed by atoms with E-state index in [-0.39, 0.29) is 17.2 Å². The zero-order valence-electron chi connectivity index (χ0n) is 12.4. The number of hydrogen-bond acceptors (Lipinski definition) is 3. The third-order valence-electron chi connectivity index (χ3n) is 3.04. The largest absolute Gasteiger partial charge is 0.352 e. The van der Waals surface area contributed by atoms with Crippen LogP contribution in [0.5, 0.6) is 0 Å². The molecule has 0 aliphatic heterocycles. The molecule has 1 unspecified atom stereocenters. The van der Waals surface area contributed by atoms with Crippen LogP contribution in [0, 0.1) is 22.7 Å². The standard InChI is InChI=1S/C16H23N3O/c1-16(2,3)8-14(10-18)15(20)19-11-13-6-4-5-12(7-13)9-17/h4-7,14H,8,10-11,18H2,1-3H3,(H,19,20). The van der Waals surface area contributed by atoms with Crippen LogP contribution in [0.1, 0.15) is 38.3 Å². The number of benzene rings is 1. The summed E-state index contributed by atoms with van der Waals surface area (Å²) in [7, 11) is 0. The number of nitrogens with zero attached hydrogens (tertiary/aromatic N) is 1. The second-order valence-corrected chi connectivity index (χ2v) is 6.23. The predicted octanol–water partition coefficient (Wildman–Crippen LogP) is 2.19. The zero-order chi connectivity index (χ0) is 15.2. The highest BCUT2D eigenvalue weighted by Gasteiger charge is 2.23. The van der Waals surface area contributed by atoms with Gasteiger partial charge in [0.15, 0.2) is 0 Å². The molecule has 0 spiro atoms. The van der Waals surface area contributed by atoms with Gasteiger partial charge in [-0.05, 0) is 29.5 Å². The van der Waals surface area contributed by atoms with Crippen LogP contribution in [-0.2, 0) is 11.3 Å². The Balaban J connectivity index is 2.59. The van der Waals surface area contributed by atoms with Crippen LogP contribution in [0.2, 0.25) is 0 Å². The fourth-order valence-corrected chi connectivity index (χ4v) is 2.11. The molecular formula is C16H23N3O. The molecule has 0 radical (unpaired) electrons. The molecule has 0 saturated heterocycles. The van der Waals surface area contributed by atoms with Crippen molar-refractivity contribution in [3.63, 3.8) is 0 Å². The van der Waals surface area contributed by atoms with Crippen molar-refractivity contribution in [2.24, 2.45) is 17.1 Å². The molecule has 1 aromatic rings. The maximum Gasteiger partial charge on any atom is 0.224 e. The molecule has 0 fully saturated rings. The van der Waals surface area contributed by atoms with E-state index in [9.17, 15) is 4.79 Å². The summed E-state index contributed by atoms with van der Waals surface area (Å²) < 4.78 is 0. The SMILES string of the molecule is CC(C)(C)CC(CN)C(=O)NCc1cccc(C#N)c1. The first kappa shape index (κ1) is 16.2. The minimum absolute atomic E-state index is 0.0233. The zero-order valence-corrected chi connectivity index (χ0v) is 12.4. The maximum absolute atomic E-state index is 12.1. The van der Waals surface area contributed by atoms with Crippen LogP contribution in [0.25, 0.3) is 0 Å². The van der Waals surface area contributed by atoms with Gasteiger partial charge in [-0.15, -0.1) is 0 Å². The van der Waals surface area contributed by atoms with Gasteiger partial charge >= 0.3 is 0 Å². The van der Waals surface area contributed by atoms with Crippen LogP contribution in [0.15, 0.2) is 24.3 Å². The molecule has 4 nitrogen and oxygen atoms in total. The fourth-order valence-electron chi connectivity index (χ4n) is 2.11. The molecule has 0 aromatic heterocycles. The number of carbonyl (C=O) groups excluding carboxylic acids is 1. The number of rotatable bonds is 5. The first-order chi connectivity index (χ1) is 9.35. The lowest BCUT2D eigenvalue weighted by molar-refractivity contribution is -0.125. The van der Waals surface area contributed by atoms with Gasteiger partial charge in [0.2, 0.25) is 5.91 Å². The van der Waals surface area contributed by atoms with Gasteiger partial charge in [-0.25, -0.2) is 0 Å². The van der Waals surface area contributed by atoms with E-state index < -0.39 is 0 Å². The average Bonchev–Trinajstić information content (AvgIpc) is 2.41. The topological polar surface area (TPSA) is 78.9 Å². The van der Waals surface area contributed by atoms with Crippen molar-refractivity contribution in [1.82, 2.24) is 5.32 Å². The van der Waals surface area contributed by atoms with Crippen molar-refractivity contribution in [3.05, 3.63) is 35.4 Å². The molecule has 3 N–H and O–H groups in total. The number of nitriles is 1. The lowest BCUT2D eigenvalue weighted by Gasteiger charge is -2.24. The number of hydrogen-bond donors (Lipinski definition) is 2. The van der Waals surface area contributed by atoms with Crippen molar-refractivity contribution in [2.75, 3.05) is 6.54 Å². The fraction of sp³-hybridized carbons (Fsp3) is 0.500. The van der Waals surface area contributed by atoms with Crippen molar-refractivity contribution in [3.8, 4) is 6.07 Å². The Kier molecular flexibility index (Phi) is 5.72. The molecule has 1 atom stereocenters. The van der Waals surface area contributed by atoms with Crippen LogP contribution < -0.4 is 11.1 Å². The van der Waals surface area contributed by atoms with E-state index in [0.717, 1.165) is 12.0 Å². The Morgan fingerprint density at radius 2 is 2.15 bits per heavy atom. The molecule has 4 heteroatoms. The Morgan fingerprint density at radius 3 is 2.70 bits per heavy atom. The van der Waals surface area contributed by atoms with E-state index in [1.807, 2.05) is 12.1 Å². The third kappa shape index (κ3) is 5.41. The summed E-state index contributed by atoms with van der Waals surface area (Å²) in [4.78, 5) is 12.1. The second-order valence-electron chi connectivity index (χ2n) is 6.23. The van der Waals surface area contributed by atoms with Crippen molar-refractivity contribution in [2.45, 2.75) is 33.7 Å². The highest BCUT2D eigenvalue weighted by atomic mass is 16.1. The lowest BCUT2D eigenvalue weighted by Crippen LogP contribution is -2.36. The molecule has 0 saturated carbocycles. The molecule has 1 rings (SSSR count). The molecular weight excluding hydrogens is 250 g/mol. The monoisotopic (exact) mass is 273 g/mol. The molecule has 0 aliphatic carbocycles. The van der Waals surface area contributed by atoms with Crippen LogP contribution >= 0.6 is 0 Å². The highest BCUT2D eigenvalue weighted by Crippen LogP contribution is 2.24. The highest BCUT2D eigenvalue weighted by molar-refractivity contribution is 5.78. The number of nitrogens with two attached hydrogens (primary N) is 1. The molecule has 1 aromatic carbocycles. The minimum atomic E-state index is -0.172. The molecule has 0 aliphatic rings. The Labute approximate surface area is 121 Å². The van der Waals surface area contributed by atoms with Crippen molar-refractivity contribution in [1.29, 1.82) is 5.26 Å². The summed E-state index contributed by atoms with van der Waals surface area (Å²) in [5.74, 6) is -0.195. The first-order valence-electron chi connectivity index (χ1n) is 6.82. The van der Waals surface area contributed by atoms with Crippen molar-refractivity contribution < 1.29 is 4.79 Å². The van der Waals surface area contributed by atoms with E-state index in [0.29, 0.717) is 18.7 Å². The lowest BCUT2D eigenvalue weighted by atomic mass is 9.84. The van der Waals surface area contributed by atoms with Crippen LogP contribution in [0.4, 0.5) is 0 Å². The maximum atomic E-state index is 12.1. The first-order valence-corrected chi connectivity index (χ1v) is 6.82. The van der Waals surface area contributed by atoms with Gasteiger partial charge < -0.3 is 11.1 Å². The van der Waals surface area contributed by atoms with E-state index in [1.54, 1.807) is 12.1 Å². The van der Waals surface area contributed by atoms with Gasteiger partial charge in [0.1, 0.15) is 0 Å². The number of carbonyl (C=O) groups is 1. The summed E-state index contributed by atoms with van der Waals surface area (Å²) in [6.07, 6.45) is 0.758. The van der Waals surface area contributed by atoms with Crippen LogP contribution in [-0.4, -0.2) is 12.5 Å². The normalized spacial score (nSPS) is 12.6. The summed E-state index contributed by atoms with van der Waals surface area (Å²) in [6.45, 7) is 7.06. The van der Waals surface area contributed by atoms with E-state index in [1.165, 1.54) is 0 Å². The third-order valence-corrected chi connectivity index (χ3v) is 3.04. The quantitative estimate of drug-likeness (QED) is 0.863.